The average molecular weight is 510 g/mol. The highest BCUT2D eigenvalue weighted by Gasteiger charge is 2.43. The summed E-state index contributed by atoms with van der Waals surface area (Å²) in [4.78, 5) is 26.7. The number of carboxylic acids is 1. The van der Waals surface area contributed by atoms with Gasteiger partial charge in [0.1, 0.15) is 12.4 Å². The van der Waals surface area contributed by atoms with Crippen LogP contribution in [0.5, 0.6) is 5.88 Å². The molecule has 0 unspecified atom stereocenters. The van der Waals surface area contributed by atoms with Gasteiger partial charge in [-0.2, -0.15) is 18.2 Å². The zero-order valence-corrected chi connectivity index (χ0v) is 19.1. The maximum Gasteiger partial charge on any atom is 0.429 e. The Hall–Kier alpha value is -4.58. The molecule has 0 amide bonds. The van der Waals surface area contributed by atoms with Crippen molar-refractivity contribution in [1.29, 1.82) is 0 Å². The molecule has 12 heteroatoms. The number of aliphatic carboxylic acids is 1. The zero-order valence-electron chi connectivity index (χ0n) is 19.1. The van der Waals surface area contributed by atoms with Gasteiger partial charge in [0.15, 0.2) is 0 Å². The van der Waals surface area contributed by atoms with E-state index in [4.69, 9.17) is 21.3 Å². The molecule has 4 rings (SSSR count). The molecule has 0 radical (unpaired) electrons. The second-order valence-corrected chi connectivity index (χ2v) is 8.08. The number of hydrogen-bond acceptors (Lipinski definition) is 8. The third-order valence-electron chi connectivity index (χ3n) is 5.39. The van der Waals surface area contributed by atoms with Gasteiger partial charge in [-0.1, -0.05) is 48.5 Å². The second-order valence-electron chi connectivity index (χ2n) is 8.08. The fourth-order valence-electron chi connectivity index (χ4n) is 3.55. The summed E-state index contributed by atoms with van der Waals surface area (Å²) in [6, 6.07) is 12.4. The third kappa shape index (κ3) is 6.35. The summed E-state index contributed by atoms with van der Waals surface area (Å²) in [5.41, 5.74) is 13.9. The Balaban J connectivity index is 1.58. The Morgan fingerprint density at radius 3 is 2.16 bits per heavy atom. The van der Waals surface area contributed by atoms with Gasteiger partial charge in [-0.25, -0.2) is 15.0 Å². The minimum atomic E-state index is -4.75. The number of carbonyl (C=O) groups is 1. The molecule has 0 aliphatic rings. The predicted molar refractivity (Wildman–Crippen MR) is 128 cm³/mol. The number of halogens is 3. The van der Waals surface area contributed by atoms with E-state index in [1.54, 1.807) is 36.7 Å². The maximum absolute atomic E-state index is 14.0. The molecular formula is C25H21F3N6O3. The molecule has 0 aliphatic carbocycles. The fourth-order valence-corrected chi connectivity index (χ4v) is 3.55. The third-order valence-corrected chi connectivity index (χ3v) is 5.39. The summed E-state index contributed by atoms with van der Waals surface area (Å²) in [6.45, 7) is 0. The van der Waals surface area contributed by atoms with Gasteiger partial charge < -0.3 is 21.3 Å². The lowest BCUT2D eigenvalue weighted by molar-refractivity contribution is -0.198. The van der Waals surface area contributed by atoms with Crippen LogP contribution in [0.2, 0.25) is 0 Å². The van der Waals surface area contributed by atoms with E-state index < -0.39 is 24.3 Å². The lowest BCUT2D eigenvalue weighted by atomic mass is 10.0. The number of anilines is 1. The van der Waals surface area contributed by atoms with E-state index in [0.717, 1.165) is 0 Å². The first kappa shape index (κ1) is 25.5. The molecule has 2 aromatic carbocycles. The largest absolute Gasteiger partial charge is 0.480 e. The molecule has 2 heterocycles. The van der Waals surface area contributed by atoms with Gasteiger partial charge in [-0.15, -0.1) is 0 Å². The van der Waals surface area contributed by atoms with Crippen molar-refractivity contribution in [3.63, 3.8) is 0 Å². The first-order chi connectivity index (χ1) is 17.6. The van der Waals surface area contributed by atoms with Crippen molar-refractivity contribution in [2.75, 3.05) is 5.73 Å². The predicted octanol–water partition coefficient (Wildman–Crippen LogP) is 3.82. The monoisotopic (exact) mass is 510 g/mol. The summed E-state index contributed by atoms with van der Waals surface area (Å²) in [7, 11) is 0. The maximum atomic E-state index is 14.0. The standard InChI is InChI=1S/C25H21F3N6O3/c26-25(27,28)22(17-7-5-15(6-8-17)18-11-31-13-32-12-18)37-21-10-20(33-24(30)34-21)16-3-1-14(2-4-16)9-19(29)23(35)36/h1-8,10-13,19,22H,9,29H2,(H,35,36)(H2,30,33,34)/t19-,22+/m0/s1. The van der Waals surface area contributed by atoms with E-state index in [1.807, 2.05) is 0 Å². The van der Waals surface area contributed by atoms with Crippen LogP contribution in [-0.4, -0.2) is 43.2 Å². The zero-order chi connectivity index (χ0) is 26.6. The van der Waals surface area contributed by atoms with E-state index in [1.165, 1.54) is 36.7 Å². The summed E-state index contributed by atoms with van der Waals surface area (Å²) < 4.78 is 47.2. The molecular weight excluding hydrogens is 489 g/mol. The number of hydrogen-bond donors (Lipinski definition) is 3. The quantitative estimate of drug-likeness (QED) is 0.321. The average Bonchev–Trinajstić information content (AvgIpc) is 2.87. The molecule has 5 N–H and O–H groups in total. The molecule has 0 bridgehead atoms. The van der Waals surface area contributed by atoms with Crippen molar-refractivity contribution in [3.05, 3.63) is 84.4 Å². The van der Waals surface area contributed by atoms with Crippen LogP contribution >= 0.6 is 0 Å². The number of nitrogens with two attached hydrogens (primary N) is 2. The molecule has 37 heavy (non-hydrogen) atoms. The lowest BCUT2D eigenvalue weighted by Crippen LogP contribution is -2.32. The highest BCUT2D eigenvalue weighted by atomic mass is 19.4. The summed E-state index contributed by atoms with van der Waals surface area (Å²) in [5, 5.41) is 8.96. The van der Waals surface area contributed by atoms with E-state index in [0.29, 0.717) is 22.3 Å². The van der Waals surface area contributed by atoms with Crippen molar-refractivity contribution >= 4 is 11.9 Å². The number of benzene rings is 2. The Bertz CT molecular complexity index is 1370. The number of rotatable bonds is 8. The first-order valence-electron chi connectivity index (χ1n) is 10.9. The Morgan fingerprint density at radius 2 is 1.57 bits per heavy atom. The number of alkyl halides is 3. The van der Waals surface area contributed by atoms with Gasteiger partial charge in [0.25, 0.3) is 0 Å². The summed E-state index contributed by atoms with van der Waals surface area (Å²) in [5.74, 6) is -1.76. The molecule has 0 saturated heterocycles. The molecule has 9 nitrogen and oxygen atoms in total. The lowest BCUT2D eigenvalue weighted by Gasteiger charge is -2.22. The number of nitrogen functional groups attached to an aromatic ring is 1. The first-order valence-corrected chi connectivity index (χ1v) is 10.9. The van der Waals surface area contributed by atoms with Crippen molar-refractivity contribution in [2.24, 2.45) is 5.73 Å². The Kier molecular flexibility index (Phi) is 7.30. The van der Waals surface area contributed by atoms with Crippen LogP contribution in [0.25, 0.3) is 22.4 Å². The van der Waals surface area contributed by atoms with Gasteiger partial charge in [0.05, 0.1) is 5.69 Å². The van der Waals surface area contributed by atoms with Crippen LogP contribution in [0.1, 0.15) is 17.2 Å². The summed E-state index contributed by atoms with van der Waals surface area (Å²) in [6.07, 6.45) is -2.48. The van der Waals surface area contributed by atoms with E-state index >= 15 is 0 Å². The van der Waals surface area contributed by atoms with Gasteiger partial charge in [0, 0.05) is 35.2 Å². The van der Waals surface area contributed by atoms with E-state index in [2.05, 4.69) is 19.9 Å². The van der Waals surface area contributed by atoms with Crippen LogP contribution in [0.15, 0.2) is 73.3 Å². The Labute approximate surface area is 209 Å². The number of aromatic nitrogens is 4. The van der Waals surface area contributed by atoms with Gasteiger partial charge in [-0.3, -0.25) is 4.79 Å². The molecule has 0 fully saturated rings. The van der Waals surface area contributed by atoms with Crippen LogP contribution in [-0.2, 0) is 11.2 Å². The summed E-state index contributed by atoms with van der Waals surface area (Å²) >= 11 is 0. The van der Waals surface area contributed by atoms with Crippen LogP contribution in [0, 0.1) is 0 Å². The SMILES string of the molecule is Nc1nc(O[C@H](c2ccc(-c3cncnc3)cc2)C(F)(F)F)cc(-c2ccc(C[C@H](N)C(=O)O)cc2)n1. The van der Waals surface area contributed by atoms with Crippen molar-refractivity contribution in [2.45, 2.75) is 24.7 Å². The van der Waals surface area contributed by atoms with Gasteiger partial charge >= 0.3 is 12.1 Å². The number of carboxylic acid groups (broad SMARTS) is 1. The van der Waals surface area contributed by atoms with Crippen LogP contribution in [0.4, 0.5) is 19.1 Å². The molecule has 0 spiro atoms. The van der Waals surface area contributed by atoms with Crippen molar-refractivity contribution < 1.29 is 27.8 Å². The van der Waals surface area contributed by atoms with Crippen molar-refractivity contribution in [1.82, 2.24) is 19.9 Å². The van der Waals surface area contributed by atoms with Crippen LogP contribution < -0.4 is 16.2 Å². The van der Waals surface area contributed by atoms with E-state index in [9.17, 15) is 18.0 Å². The normalized spacial score (nSPS) is 13.1. The smallest absolute Gasteiger partial charge is 0.429 e. The van der Waals surface area contributed by atoms with Crippen LogP contribution in [0.3, 0.4) is 0 Å². The highest BCUT2D eigenvalue weighted by molar-refractivity contribution is 5.73. The Morgan fingerprint density at radius 1 is 0.946 bits per heavy atom. The molecule has 2 atom stereocenters. The number of ether oxygens (including phenoxy) is 1. The number of nitrogens with zero attached hydrogens (tertiary/aromatic N) is 4. The molecule has 0 saturated carbocycles. The molecule has 2 aromatic heterocycles. The molecule has 4 aromatic rings. The second kappa shape index (κ2) is 10.6. The molecule has 190 valence electrons. The minimum Gasteiger partial charge on any atom is -0.480 e. The molecule has 0 aliphatic heterocycles. The minimum absolute atomic E-state index is 0.110. The highest BCUT2D eigenvalue weighted by Crippen LogP contribution is 2.37. The topological polar surface area (TPSA) is 150 Å². The fraction of sp³-hybridized carbons (Fsp3) is 0.160. The van der Waals surface area contributed by atoms with E-state index in [-0.39, 0.29) is 29.5 Å². The van der Waals surface area contributed by atoms with Gasteiger partial charge in [0.2, 0.25) is 17.9 Å². The van der Waals surface area contributed by atoms with Crippen molar-refractivity contribution in [3.8, 4) is 28.3 Å². The van der Waals surface area contributed by atoms with Gasteiger partial charge in [-0.05, 0) is 17.5 Å².